The van der Waals surface area contributed by atoms with Crippen molar-refractivity contribution in [2.45, 2.75) is 45.4 Å². The van der Waals surface area contributed by atoms with Crippen LogP contribution in [0.4, 0.5) is 4.79 Å². The van der Waals surface area contributed by atoms with Gasteiger partial charge in [-0.2, -0.15) is 0 Å². The Bertz CT molecular complexity index is 591. The molecule has 2 rings (SSSR count). The van der Waals surface area contributed by atoms with Gasteiger partial charge in [0.1, 0.15) is 12.2 Å². The maximum atomic E-state index is 12.2. The Morgan fingerprint density at radius 2 is 1.87 bits per heavy atom. The molecule has 0 spiro atoms. The summed E-state index contributed by atoms with van der Waals surface area (Å²) in [5, 5.41) is 0. The molecule has 1 aromatic carbocycles. The lowest BCUT2D eigenvalue weighted by Crippen LogP contribution is -2.46. The van der Waals surface area contributed by atoms with E-state index in [9.17, 15) is 14.4 Å². The van der Waals surface area contributed by atoms with Gasteiger partial charge >= 0.3 is 12.1 Å². The smallest absolute Gasteiger partial charge is 0.411 e. The number of ketones is 1. The number of carbonyl (C=O) groups is 3. The van der Waals surface area contributed by atoms with Gasteiger partial charge in [-0.3, -0.25) is 9.69 Å². The van der Waals surface area contributed by atoms with Gasteiger partial charge < -0.3 is 9.47 Å². The maximum absolute atomic E-state index is 12.2. The third-order valence-corrected chi connectivity index (χ3v) is 3.29. The van der Waals surface area contributed by atoms with Crippen molar-refractivity contribution in [2.75, 3.05) is 6.54 Å². The number of amides is 1. The number of nitrogens with zero attached hydrogens (tertiary/aromatic N) is 1. The second-order valence-electron chi connectivity index (χ2n) is 6.39. The Hall–Kier alpha value is -2.37. The van der Waals surface area contributed by atoms with E-state index < -0.39 is 23.7 Å². The number of ether oxygens (including phenoxy) is 2. The van der Waals surface area contributed by atoms with Gasteiger partial charge in [0.05, 0.1) is 0 Å². The predicted octanol–water partition coefficient (Wildman–Crippen LogP) is 2.31. The molecular formula is C17H21NO5. The zero-order valence-corrected chi connectivity index (χ0v) is 13.6. The number of hydrogen-bond donors (Lipinski definition) is 0. The van der Waals surface area contributed by atoms with Crippen LogP contribution in [0.25, 0.3) is 0 Å². The van der Waals surface area contributed by atoms with Gasteiger partial charge in [-0.25, -0.2) is 9.59 Å². The lowest BCUT2D eigenvalue weighted by molar-refractivity contribution is -0.161. The molecule has 6 heteroatoms. The number of Topliss-reactive ketones (excluding diaryl/α,β-unsaturated/α-hetero) is 1. The average molecular weight is 319 g/mol. The molecule has 0 N–H and O–H groups in total. The van der Waals surface area contributed by atoms with Crippen molar-refractivity contribution >= 4 is 17.8 Å². The van der Waals surface area contributed by atoms with Crippen molar-refractivity contribution in [3.05, 3.63) is 35.9 Å². The zero-order chi connectivity index (χ0) is 17.0. The number of rotatable bonds is 3. The van der Waals surface area contributed by atoms with E-state index in [4.69, 9.17) is 9.47 Å². The molecule has 0 aromatic heterocycles. The highest BCUT2D eigenvalue weighted by Gasteiger charge is 2.44. The quantitative estimate of drug-likeness (QED) is 0.631. The minimum absolute atomic E-state index is 0.0887. The molecular weight excluding hydrogens is 298 g/mol. The Balaban J connectivity index is 2.00. The van der Waals surface area contributed by atoms with Gasteiger partial charge in [-0.05, 0) is 26.3 Å². The minimum Gasteiger partial charge on any atom is -0.458 e. The highest BCUT2D eigenvalue weighted by atomic mass is 16.6. The Morgan fingerprint density at radius 3 is 2.48 bits per heavy atom. The van der Waals surface area contributed by atoms with Gasteiger partial charge in [0.15, 0.2) is 11.8 Å². The van der Waals surface area contributed by atoms with Crippen molar-refractivity contribution in [1.29, 1.82) is 0 Å². The molecule has 23 heavy (non-hydrogen) atoms. The zero-order valence-electron chi connectivity index (χ0n) is 13.6. The van der Waals surface area contributed by atoms with Crippen LogP contribution in [0.1, 0.15) is 32.8 Å². The monoisotopic (exact) mass is 319 g/mol. The maximum Gasteiger partial charge on any atom is 0.411 e. The van der Waals surface area contributed by atoms with E-state index in [1.54, 1.807) is 20.8 Å². The molecule has 0 saturated carbocycles. The lowest BCUT2D eigenvalue weighted by Gasteiger charge is -2.26. The van der Waals surface area contributed by atoms with Gasteiger partial charge in [0, 0.05) is 13.0 Å². The summed E-state index contributed by atoms with van der Waals surface area (Å²) in [5.41, 5.74) is 0.111. The third-order valence-electron chi connectivity index (χ3n) is 3.29. The first kappa shape index (κ1) is 17.0. The van der Waals surface area contributed by atoms with E-state index in [0.717, 1.165) is 10.5 Å². The van der Waals surface area contributed by atoms with Gasteiger partial charge in [0.25, 0.3) is 0 Å². The van der Waals surface area contributed by atoms with Gasteiger partial charge in [0.2, 0.25) is 0 Å². The summed E-state index contributed by atoms with van der Waals surface area (Å²) in [4.78, 5) is 37.4. The first-order valence-corrected chi connectivity index (χ1v) is 7.51. The molecule has 1 aliphatic heterocycles. The molecule has 6 nitrogen and oxygen atoms in total. The number of benzene rings is 1. The highest BCUT2D eigenvalue weighted by Crippen LogP contribution is 2.20. The second kappa shape index (κ2) is 6.81. The molecule has 1 unspecified atom stereocenters. The van der Waals surface area contributed by atoms with Crippen LogP contribution < -0.4 is 0 Å². The SMILES string of the molecule is CC(C)(C)OC(=O)C1C(=O)CCN1C(=O)OCc1ccccc1. The molecule has 124 valence electrons. The van der Waals surface area contributed by atoms with Crippen LogP contribution in [0.5, 0.6) is 0 Å². The van der Waals surface area contributed by atoms with Crippen LogP contribution in [-0.4, -0.2) is 40.9 Å². The molecule has 1 atom stereocenters. The molecule has 1 aliphatic rings. The summed E-state index contributed by atoms with van der Waals surface area (Å²) in [6.45, 7) is 5.38. The molecule has 1 fully saturated rings. The molecule has 0 bridgehead atoms. The van der Waals surface area contributed by atoms with Crippen LogP contribution in [0.3, 0.4) is 0 Å². The van der Waals surface area contributed by atoms with E-state index in [1.165, 1.54) is 0 Å². The summed E-state index contributed by atoms with van der Waals surface area (Å²) < 4.78 is 10.4. The molecule has 1 saturated heterocycles. The summed E-state index contributed by atoms with van der Waals surface area (Å²) in [5.74, 6) is -1.03. The van der Waals surface area contributed by atoms with Crippen molar-refractivity contribution in [1.82, 2.24) is 4.90 Å². The summed E-state index contributed by atoms with van der Waals surface area (Å²) in [6.07, 6.45) is -0.555. The fourth-order valence-electron chi connectivity index (χ4n) is 2.29. The van der Waals surface area contributed by atoms with Crippen LogP contribution in [-0.2, 0) is 25.7 Å². The van der Waals surface area contributed by atoms with Crippen LogP contribution in [0, 0.1) is 0 Å². The Kier molecular flexibility index (Phi) is 5.03. The van der Waals surface area contributed by atoms with E-state index in [-0.39, 0.29) is 25.4 Å². The third kappa shape index (κ3) is 4.55. The standard InChI is InChI=1S/C17H21NO5/c1-17(2,3)23-15(20)14-13(19)9-10-18(14)16(21)22-11-12-7-5-4-6-8-12/h4-8,14H,9-11H2,1-3H3. The van der Waals surface area contributed by atoms with Crippen molar-refractivity contribution < 1.29 is 23.9 Å². The molecule has 0 aliphatic carbocycles. The fraction of sp³-hybridized carbons (Fsp3) is 0.471. The average Bonchev–Trinajstić information content (AvgIpc) is 2.86. The molecule has 1 amide bonds. The predicted molar refractivity (Wildman–Crippen MR) is 82.6 cm³/mol. The van der Waals surface area contributed by atoms with Crippen LogP contribution >= 0.6 is 0 Å². The van der Waals surface area contributed by atoms with Crippen molar-refractivity contribution in [3.8, 4) is 0 Å². The minimum atomic E-state index is -1.21. The van der Waals surface area contributed by atoms with E-state index >= 15 is 0 Å². The first-order valence-electron chi connectivity index (χ1n) is 7.51. The van der Waals surface area contributed by atoms with Crippen LogP contribution in [0.2, 0.25) is 0 Å². The number of esters is 1. The number of carbonyl (C=O) groups excluding carboxylic acids is 3. The summed E-state index contributed by atoms with van der Waals surface area (Å²) >= 11 is 0. The normalized spacial score (nSPS) is 18.0. The van der Waals surface area contributed by atoms with E-state index in [2.05, 4.69) is 0 Å². The fourth-order valence-corrected chi connectivity index (χ4v) is 2.29. The largest absolute Gasteiger partial charge is 0.458 e. The molecule has 1 aromatic rings. The topological polar surface area (TPSA) is 72.9 Å². The highest BCUT2D eigenvalue weighted by molar-refractivity contribution is 6.07. The number of hydrogen-bond acceptors (Lipinski definition) is 5. The molecule has 0 radical (unpaired) electrons. The Labute approximate surface area is 135 Å². The number of likely N-dealkylation sites (tertiary alicyclic amines) is 1. The van der Waals surface area contributed by atoms with Crippen molar-refractivity contribution in [2.24, 2.45) is 0 Å². The lowest BCUT2D eigenvalue weighted by atomic mass is 10.1. The van der Waals surface area contributed by atoms with E-state index in [0.29, 0.717) is 0 Å². The van der Waals surface area contributed by atoms with Crippen molar-refractivity contribution in [3.63, 3.8) is 0 Å². The molecule has 1 heterocycles. The summed E-state index contributed by atoms with van der Waals surface area (Å²) in [7, 11) is 0. The van der Waals surface area contributed by atoms with E-state index in [1.807, 2.05) is 30.3 Å². The summed E-state index contributed by atoms with van der Waals surface area (Å²) in [6, 6.07) is 7.99. The van der Waals surface area contributed by atoms with Crippen LogP contribution in [0.15, 0.2) is 30.3 Å². The second-order valence-corrected chi connectivity index (χ2v) is 6.39. The van der Waals surface area contributed by atoms with Gasteiger partial charge in [-0.1, -0.05) is 30.3 Å². The Morgan fingerprint density at radius 1 is 1.22 bits per heavy atom. The first-order chi connectivity index (χ1) is 10.8. The van der Waals surface area contributed by atoms with Gasteiger partial charge in [-0.15, -0.1) is 0 Å².